The van der Waals surface area contributed by atoms with Crippen molar-refractivity contribution in [3.8, 4) is 11.1 Å². The van der Waals surface area contributed by atoms with Crippen LogP contribution in [0.2, 0.25) is 0 Å². The van der Waals surface area contributed by atoms with Crippen LogP contribution in [0, 0.1) is 18.7 Å². The molecule has 3 rings (SSSR count). The molecule has 1 aliphatic rings. The van der Waals surface area contributed by atoms with Crippen molar-refractivity contribution in [2.24, 2.45) is 10.9 Å². The number of hydrogen-bond acceptors (Lipinski definition) is 1. The van der Waals surface area contributed by atoms with Gasteiger partial charge in [0.05, 0.1) is 5.69 Å². The lowest BCUT2D eigenvalue weighted by Crippen LogP contribution is -2.36. The van der Waals surface area contributed by atoms with Gasteiger partial charge >= 0.3 is 0 Å². The van der Waals surface area contributed by atoms with E-state index >= 15 is 0 Å². The molecular formula is C20H19BF3N. The van der Waals surface area contributed by atoms with E-state index in [1.807, 2.05) is 19.1 Å². The minimum Gasteiger partial charge on any atom is -0.265 e. The molecule has 2 radical (unpaired) electrons. The van der Waals surface area contributed by atoms with Gasteiger partial charge < -0.3 is 0 Å². The Kier molecular flexibility index (Phi) is 4.52. The molecule has 1 fully saturated rings. The molecule has 0 aliphatic heterocycles. The van der Waals surface area contributed by atoms with Gasteiger partial charge in [0.15, 0.2) is 0 Å². The standard InChI is InChI=1S/C20H19BF3N/c1-11-6-13(12-4-5-18(25-3)16(21)9-12)10-17(22)19(11)14-7-15(8-14)20(2,23)24/h4-6,9-10,14-15H,3,7-8H2,1-2H3. The van der Waals surface area contributed by atoms with E-state index in [1.54, 1.807) is 12.1 Å². The summed E-state index contributed by atoms with van der Waals surface area (Å²) in [5.74, 6) is -3.83. The first-order valence-electron chi connectivity index (χ1n) is 8.25. The van der Waals surface area contributed by atoms with Crippen molar-refractivity contribution < 1.29 is 13.2 Å². The zero-order valence-electron chi connectivity index (χ0n) is 14.3. The lowest BCUT2D eigenvalue weighted by molar-refractivity contribution is -0.0779. The number of aryl methyl sites for hydroxylation is 1. The Morgan fingerprint density at radius 1 is 1.16 bits per heavy atom. The molecule has 0 bridgehead atoms. The fourth-order valence-electron chi connectivity index (χ4n) is 3.58. The van der Waals surface area contributed by atoms with Crippen molar-refractivity contribution in [1.29, 1.82) is 0 Å². The molecular weight excluding hydrogens is 322 g/mol. The Hall–Kier alpha value is -2.04. The van der Waals surface area contributed by atoms with Gasteiger partial charge in [-0.3, -0.25) is 4.99 Å². The van der Waals surface area contributed by atoms with E-state index in [2.05, 4.69) is 11.7 Å². The second-order valence-corrected chi connectivity index (χ2v) is 6.94. The van der Waals surface area contributed by atoms with E-state index < -0.39 is 11.8 Å². The molecule has 0 spiro atoms. The molecule has 2 aromatic carbocycles. The third-order valence-electron chi connectivity index (χ3n) is 5.13. The lowest BCUT2D eigenvalue weighted by Gasteiger charge is -2.39. The number of nitrogens with zero attached hydrogens (tertiary/aromatic N) is 1. The number of alkyl halides is 2. The summed E-state index contributed by atoms with van der Waals surface area (Å²) in [5, 5.41) is 0. The van der Waals surface area contributed by atoms with Gasteiger partial charge in [0.2, 0.25) is 5.92 Å². The van der Waals surface area contributed by atoms with Crippen molar-refractivity contribution in [2.75, 3.05) is 0 Å². The molecule has 1 nitrogen and oxygen atoms in total. The normalized spacial score (nSPS) is 20.2. The topological polar surface area (TPSA) is 12.4 Å². The second-order valence-electron chi connectivity index (χ2n) is 6.94. The summed E-state index contributed by atoms with van der Waals surface area (Å²) in [5.41, 5.74) is 3.88. The highest BCUT2D eigenvalue weighted by Gasteiger charge is 2.45. The molecule has 0 atom stereocenters. The third-order valence-corrected chi connectivity index (χ3v) is 5.13. The maximum absolute atomic E-state index is 14.7. The fraction of sp³-hybridized carbons (Fsp3) is 0.350. The van der Waals surface area contributed by atoms with Gasteiger partial charge in [0, 0.05) is 5.92 Å². The molecule has 5 heteroatoms. The second kappa shape index (κ2) is 6.36. The SMILES string of the molecule is [B]c1cc(-c2cc(C)c(C3CC(C(C)(F)F)C3)c(F)c2)ccc1N=C. The first kappa shape index (κ1) is 17.8. The minimum absolute atomic E-state index is 0.137. The Labute approximate surface area is 147 Å². The van der Waals surface area contributed by atoms with E-state index in [4.69, 9.17) is 7.85 Å². The van der Waals surface area contributed by atoms with Gasteiger partial charge in [-0.1, -0.05) is 23.7 Å². The van der Waals surface area contributed by atoms with Gasteiger partial charge in [-0.05, 0) is 73.7 Å². The summed E-state index contributed by atoms with van der Waals surface area (Å²) in [4.78, 5) is 3.81. The summed E-state index contributed by atoms with van der Waals surface area (Å²) >= 11 is 0. The summed E-state index contributed by atoms with van der Waals surface area (Å²) in [6.07, 6.45) is 0.653. The highest BCUT2D eigenvalue weighted by atomic mass is 19.3. The molecule has 0 saturated heterocycles. The van der Waals surface area contributed by atoms with E-state index in [9.17, 15) is 13.2 Å². The van der Waals surface area contributed by atoms with Gasteiger partial charge in [-0.15, -0.1) is 0 Å². The Balaban J connectivity index is 1.89. The van der Waals surface area contributed by atoms with Crippen molar-refractivity contribution in [1.82, 2.24) is 0 Å². The Bertz CT molecular complexity index is 797. The molecule has 25 heavy (non-hydrogen) atoms. The van der Waals surface area contributed by atoms with Gasteiger partial charge in [-0.2, -0.15) is 0 Å². The zero-order chi connectivity index (χ0) is 18.4. The Morgan fingerprint density at radius 3 is 2.36 bits per heavy atom. The van der Waals surface area contributed by atoms with Crippen LogP contribution >= 0.6 is 0 Å². The van der Waals surface area contributed by atoms with Crippen LogP contribution < -0.4 is 5.46 Å². The van der Waals surface area contributed by atoms with Gasteiger partial charge in [0.1, 0.15) is 13.7 Å². The van der Waals surface area contributed by atoms with Crippen LogP contribution in [0.25, 0.3) is 11.1 Å². The molecule has 128 valence electrons. The number of aliphatic imine (C=N–C) groups is 1. The highest BCUT2D eigenvalue weighted by molar-refractivity contribution is 6.36. The number of benzene rings is 2. The first-order chi connectivity index (χ1) is 11.7. The highest BCUT2D eigenvalue weighted by Crippen LogP contribution is 2.50. The van der Waals surface area contributed by atoms with E-state index in [-0.39, 0.29) is 11.7 Å². The molecule has 0 amide bonds. The van der Waals surface area contributed by atoms with Crippen LogP contribution in [0.3, 0.4) is 0 Å². The van der Waals surface area contributed by atoms with Crippen molar-refractivity contribution in [2.45, 2.75) is 38.5 Å². The summed E-state index contributed by atoms with van der Waals surface area (Å²) in [7, 11) is 5.91. The maximum atomic E-state index is 14.7. The van der Waals surface area contributed by atoms with Gasteiger partial charge in [0.25, 0.3) is 0 Å². The zero-order valence-corrected chi connectivity index (χ0v) is 14.3. The fourth-order valence-corrected chi connectivity index (χ4v) is 3.58. The van der Waals surface area contributed by atoms with Crippen LogP contribution in [-0.2, 0) is 0 Å². The van der Waals surface area contributed by atoms with Crippen molar-refractivity contribution in [3.05, 3.63) is 47.3 Å². The van der Waals surface area contributed by atoms with Crippen LogP contribution in [0.4, 0.5) is 18.9 Å². The van der Waals surface area contributed by atoms with Crippen LogP contribution in [0.15, 0.2) is 35.3 Å². The molecule has 0 N–H and O–H groups in total. The minimum atomic E-state index is -2.70. The molecule has 0 heterocycles. The number of hydrogen-bond donors (Lipinski definition) is 0. The lowest BCUT2D eigenvalue weighted by atomic mass is 9.68. The first-order valence-corrected chi connectivity index (χ1v) is 8.25. The summed E-state index contributed by atoms with van der Waals surface area (Å²) < 4.78 is 41.3. The molecule has 0 aromatic heterocycles. The van der Waals surface area contributed by atoms with Crippen molar-refractivity contribution >= 4 is 25.7 Å². The average Bonchev–Trinajstić information content (AvgIpc) is 2.47. The molecule has 2 aromatic rings. The smallest absolute Gasteiger partial charge is 0.248 e. The quantitative estimate of drug-likeness (QED) is 0.543. The van der Waals surface area contributed by atoms with Crippen LogP contribution in [0.5, 0.6) is 0 Å². The number of halogens is 3. The van der Waals surface area contributed by atoms with Crippen LogP contribution in [0.1, 0.15) is 36.8 Å². The predicted molar refractivity (Wildman–Crippen MR) is 97.3 cm³/mol. The predicted octanol–water partition coefficient (Wildman–Crippen LogP) is 5.08. The van der Waals surface area contributed by atoms with Crippen LogP contribution in [-0.4, -0.2) is 20.5 Å². The van der Waals surface area contributed by atoms with Crippen molar-refractivity contribution in [3.63, 3.8) is 0 Å². The number of rotatable bonds is 4. The summed E-state index contributed by atoms with van der Waals surface area (Å²) in [6, 6.07) is 8.61. The van der Waals surface area contributed by atoms with E-state index in [0.29, 0.717) is 35.1 Å². The van der Waals surface area contributed by atoms with E-state index in [0.717, 1.165) is 18.1 Å². The van der Waals surface area contributed by atoms with E-state index in [1.165, 1.54) is 6.07 Å². The monoisotopic (exact) mass is 341 g/mol. The van der Waals surface area contributed by atoms with Gasteiger partial charge in [-0.25, -0.2) is 13.2 Å². The molecule has 1 aliphatic carbocycles. The Morgan fingerprint density at radius 2 is 1.84 bits per heavy atom. The molecule has 1 saturated carbocycles. The third kappa shape index (κ3) is 3.37. The largest absolute Gasteiger partial charge is 0.265 e. The maximum Gasteiger partial charge on any atom is 0.248 e. The molecule has 0 unspecified atom stereocenters. The average molecular weight is 341 g/mol. The summed E-state index contributed by atoms with van der Waals surface area (Å²) in [6.45, 7) is 6.21.